The van der Waals surface area contributed by atoms with Crippen LogP contribution in [0.2, 0.25) is 0 Å². The number of hydrogen-bond acceptors (Lipinski definition) is 6. The Bertz CT molecular complexity index is 1180. The zero-order chi connectivity index (χ0) is 33.3. The highest BCUT2D eigenvalue weighted by Crippen LogP contribution is 2.57. The van der Waals surface area contributed by atoms with Gasteiger partial charge in [0.1, 0.15) is 5.60 Å². The number of carbonyl (C=O) groups excluding carboxylic acids is 2. The number of hydrogen-bond donors (Lipinski definition) is 0. The van der Waals surface area contributed by atoms with Crippen LogP contribution in [0.1, 0.15) is 121 Å². The third-order valence-corrected chi connectivity index (χ3v) is 10.4. The third-order valence-electron chi connectivity index (χ3n) is 10.4. The van der Waals surface area contributed by atoms with E-state index >= 15 is 0 Å². The van der Waals surface area contributed by atoms with E-state index in [4.69, 9.17) is 14.3 Å². The summed E-state index contributed by atoms with van der Waals surface area (Å²) in [5, 5.41) is 2.03. The Morgan fingerprint density at radius 3 is 1.95 bits per heavy atom. The molecule has 1 fully saturated rings. The molecule has 0 saturated carbocycles. The smallest absolute Gasteiger partial charge is 0.309 e. The van der Waals surface area contributed by atoms with Crippen molar-refractivity contribution < 1.29 is 23.9 Å². The standard InChI is InChI=1S/C36H60N2O5/c1-24(2)26(5)35(13)36(14,42-31(40)27(6)32(7,8)22-21-30(39)37(15)16)34(11,12)38(43-35)33(9,10)29-19-17-28(18-20-29)23-41-25(3)4/h17-20,25,27H,21-23H2,1-16H3. The van der Waals surface area contributed by atoms with Gasteiger partial charge >= 0.3 is 5.97 Å². The first-order valence-corrected chi connectivity index (χ1v) is 15.7. The number of rotatable bonds is 12. The molecule has 7 nitrogen and oxygen atoms in total. The molecule has 0 aliphatic carbocycles. The fourth-order valence-corrected chi connectivity index (χ4v) is 5.97. The van der Waals surface area contributed by atoms with Gasteiger partial charge in [0.2, 0.25) is 5.91 Å². The molecule has 2 rings (SSSR count). The van der Waals surface area contributed by atoms with Gasteiger partial charge in [-0.25, -0.2) is 0 Å². The number of benzene rings is 1. The second-order valence-corrected chi connectivity index (χ2v) is 15.2. The molecule has 1 aliphatic heterocycles. The Morgan fingerprint density at radius 1 is 0.953 bits per heavy atom. The van der Waals surface area contributed by atoms with E-state index in [1.807, 2.05) is 53.5 Å². The van der Waals surface area contributed by atoms with Crippen molar-refractivity contribution in [1.29, 1.82) is 0 Å². The van der Waals surface area contributed by atoms with Gasteiger partial charge in [-0.05, 0) is 105 Å². The number of allylic oxidation sites excluding steroid dienone is 1. The monoisotopic (exact) mass is 600 g/mol. The molecular weight excluding hydrogens is 540 g/mol. The molecule has 244 valence electrons. The van der Waals surface area contributed by atoms with Crippen LogP contribution in [-0.4, -0.2) is 58.8 Å². The van der Waals surface area contributed by atoms with Crippen LogP contribution < -0.4 is 0 Å². The molecule has 3 atom stereocenters. The lowest BCUT2D eigenvalue weighted by molar-refractivity contribution is -0.255. The minimum atomic E-state index is -1.05. The van der Waals surface area contributed by atoms with E-state index in [0.29, 0.717) is 19.4 Å². The second kappa shape index (κ2) is 13.0. The maximum atomic E-state index is 14.1. The van der Waals surface area contributed by atoms with Crippen molar-refractivity contribution in [3.63, 3.8) is 0 Å². The van der Waals surface area contributed by atoms with Crippen LogP contribution in [0.15, 0.2) is 35.4 Å². The van der Waals surface area contributed by atoms with Gasteiger partial charge in [0.25, 0.3) is 0 Å². The predicted octanol–water partition coefficient (Wildman–Crippen LogP) is 7.82. The molecule has 0 radical (unpaired) electrons. The summed E-state index contributed by atoms with van der Waals surface area (Å²) in [5.74, 6) is -0.673. The number of hydroxylamine groups is 2. The molecule has 1 heterocycles. The van der Waals surface area contributed by atoms with E-state index < -0.39 is 33.6 Å². The minimum absolute atomic E-state index is 0.0519. The summed E-state index contributed by atoms with van der Waals surface area (Å²) in [6.07, 6.45) is 1.13. The van der Waals surface area contributed by atoms with Crippen LogP contribution in [0.4, 0.5) is 0 Å². The SMILES string of the molecule is CC(C)=C(C)C1(C)ON(C(C)(C)c2ccc(COC(C)C)cc2)C(C)(C)C1(C)OC(=O)C(C)C(C)(C)CCC(=O)N(C)C. The fraction of sp³-hybridized carbons (Fsp3) is 0.722. The number of ether oxygens (including phenoxy) is 2. The van der Waals surface area contributed by atoms with E-state index in [0.717, 1.165) is 22.3 Å². The van der Waals surface area contributed by atoms with E-state index in [-0.39, 0.29) is 18.0 Å². The summed E-state index contributed by atoms with van der Waals surface area (Å²) in [6.45, 7) is 29.4. The lowest BCUT2D eigenvalue weighted by Crippen LogP contribution is -2.63. The van der Waals surface area contributed by atoms with Crippen LogP contribution in [0.3, 0.4) is 0 Å². The van der Waals surface area contributed by atoms with E-state index in [1.165, 1.54) is 0 Å². The Morgan fingerprint density at radius 2 is 1.49 bits per heavy atom. The zero-order valence-electron chi connectivity index (χ0n) is 30.0. The molecule has 1 saturated heterocycles. The Hall–Kier alpha value is -2.22. The van der Waals surface area contributed by atoms with Crippen molar-refractivity contribution in [3.05, 3.63) is 46.5 Å². The molecule has 0 N–H and O–H groups in total. The quantitative estimate of drug-likeness (QED) is 0.180. The molecule has 0 bridgehead atoms. The summed E-state index contributed by atoms with van der Waals surface area (Å²) in [4.78, 5) is 35.0. The summed E-state index contributed by atoms with van der Waals surface area (Å²) in [6, 6.07) is 8.47. The van der Waals surface area contributed by atoms with Gasteiger partial charge in [0.05, 0.1) is 29.7 Å². The molecule has 7 heteroatoms. The first kappa shape index (κ1) is 37.0. The van der Waals surface area contributed by atoms with Crippen LogP contribution in [-0.2, 0) is 36.0 Å². The van der Waals surface area contributed by atoms with Gasteiger partial charge in [-0.15, -0.1) is 0 Å². The highest BCUT2D eigenvalue weighted by molar-refractivity contribution is 5.76. The topological polar surface area (TPSA) is 68.3 Å². The van der Waals surface area contributed by atoms with Crippen LogP contribution in [0.25, 0.3) is 0 Å². The molecule has 3 unspecified atom stereocenters. The third kappa shape index (κ3) is 7.20. The van der Waals surface area contributed by atoms with Gasteiger partial charge in [-0.1, -0.05) is 50.6 Å². The van der Waals surface area contributed by atoms with Crippen molar-refractivity contribution in [2.45, 2.75) is 145 Å². The molecule has 1 amide bonds. The van der Waals surface area contributed by atoms with Crippen LogP contribution >= 0.6 is 0 Å². The average molecular weight is 601 g/mol. The van der Waals surface area contributed by atoms with E-state index in [1.54, 1.807) is 19.0 Å². The van der Waals surface area contributed by atoms with Crippen molar-refractivity contribution in [3.8, 4) is 0 Å². The molecule has 0 aromatic heterocycles. The largest absolute Gasteiger partial charge is 0.454 e. The van der Waals surface area contributed by atoms with Crippen LogP contribution in [0.5, 0.6) is 0 Å². The Balaban J connectivity index is 2.52. The number of esters is 1. The number of carbonyl (C=O) groups is 2. The summed E-state index contributed by atoms with van der Waals surface area (Å²) < 4.78 is 12.5. The lowest BCUT2D eigenvalue weighted by Gasteiger charge is -2.48. The van der Waals surface area contributed by atoms with Crippen molar-refractivity contribution in [2.75, 3.05) is 14.1 Å². The molecule has 0 spiro atoms. The van der Waals surface area contributed by atoms with Crippen molar-refractivity contribution in [2.24, 2.45) is 11.3 Å². The normalized spacial score (nSPS) is 23.3. The highest BCUT2D eigenvalue weighted by Gasteiger charge is 2.71. The maximum Gasteiger partial charge on any atom is 0.309 e. The average Bonchev–Trinajstić information content (AvgIpc) is 3.07. The summed E-state index contributed by atoms with van der Waals surface area (Å²) in [7, 11) is 3.51. The highest BCUT2D eigenvalue weighted by atomic mass is 16.7. The number of nitrogens with zero attached hydrogens (tertiary/aromatic N) is 2. The van der Waals surface area contributed by atoms with Crippen molar-refractivity contribution in [1.82, 2.24) is 9.96 Å². The van der Waals surface area contributed by atoms with E-state index in [2.05, 4.69) is 72.7 Å². The number of amides is 1. The van der Waals surface area contributed by atoms with Gasteiger partial charge < -0.3 is 14.4 Å². The molecular formula is C36H60N2O5. The molecule has 1 aliphatic rings. The first-order valence-electron chi connectivity index (χ1n) is 15.7. The van der Waals surface area contributed by atoms with Gasteiger partial charge in [0, 0.05) is 20.5 Å². The predicted molar refractivity (Wildman–Crippen MR) is 174 cm³/mol. The zero-order valence-corrected chi connectivity index (χ0v) is 30.0. The molecule has 1 aromatic carbocycles. The van der Waals surface area contributed by atoms with Crippen LogP contribution in [0, 0.1) is 11.3 Å². The summed E-state index contributed by atoms with van der Waals surface area (Å²) >= 11 is 0. The van der Waals surface area contributed by atoms with Gasteiger partial charge in [0.15, 0.2) is 5.60 Å². The van der Waals surface area contributed by atoms with Crippen molar-refractivity contribution >= 4 is 11.9 Å². The Kier molecular flexibility index (Phi) is 11.2. The molecule has 1 aromatic rings. The first-order chi connectivity index (χ1) is 19.5. The van der Waals surface area contributed by atoms with E-state index in [9.17, 15) is 9.59 Å². The maximum absolute atomic E-state index is 14.1. The molecule has 43 heavy (non-hydrogen) atoms. The Labute approximate surface area is 262 Å². The van der Waals surface area contributed by atoms with Gasteiger partial charge in [-0.2, -0.15) is 5.06 Å². The second-order valence-electron chi connectivity index (χ2n) is 15.2. The minimum Gasteiger partial charge on any atom is -0.454 e. The summed E-state index contributed by atoms with van der Waals surface area (Å²) in [5.41, 5.74) is 0.620. The fourth-order valence-electron chi connectivity index (χ4n) is 5.97. The van der Waals surface area contributed by atoms with Gasteiger partial charge in [-0.3, -0.25) is 14.4 Å². The lowest BCUT2D eigenvalue weighted by atomic mass is 9.68.